The predicted molar refractivity (Wildman–Crippen MR) is 91.1 cm³/mol. The summed E-state index contributed by atoms with van der Waals surface area (Å²) in [6.45, 7) is 8.07. The van der Waals surface area contributed by atoms with Crippen LogP contribution in [0.1, 0.15) is 33.3 Å². The molecule has 2 amide bonds. The minimum absolute atomic E-state index is 0.0331. The Kier molecular flexibility index (Phi) is 8.21. The smallest absolute Gasteiger partial charge is 0.408 e. The number of nitrogens with one attached hydrogen (secondary N) is 3. The van der Waals surface area contributed by atoms with Crippen LogP contribution in [-0.4, -0.2) is 36.8 Å². The summed E-state index contributed by atoms with van der Waals surface area (Å²) in [5.41, 5.74) is 5.57. The van der Waals surface area contributed by atoms with E-state index in [9.17, 15) is 9.59 Å². The van der Waals surface area contributed by atoms with Crippen molar-refractivity contribution in [2.24, 2.45) is 0 Å². The Morgan fingerprint density at radius 1 is 1.17 bits per heavy atom. The number of carbonyl (C=O) groups is 2. The summed E-state index contributed by atoms with van der Waals surface area (Å²) in [7, 11) is 0. The second kappa shape index (κ2) is 9.89. The maximum Gasteiger partial charge on any atom is 0.408 e. The molecule has 0 aliphatic carbocycles. The largest absolute Gasteiger partial charge is 0.444 e. The van der Waals surface area contributed by atoms with Gasteiger partial charge in [-0.3, -0.25) is 10.2 Å². The van der Waals surface area contributed by atoms with Gasteiger partial charge in [0, 0.05) is 6.54 Å². The van der Waals surface area contributed by atoms with E-state index in [4.69, 9.17) is 9.47 Å². The highest BCUT2D eigenvalue weighted by Crippen LogP contribution is 2.07. The van der Waals surface area contributed by atoms with Crippen LogP contribution < -0.4 is 16.2 Å². The van der Waals surface area contributed by atoms with Gasteiger partial charge in [-0.05, 0) is 26.3 Å². The summed E-state index contributed by atoms with van der Waals surface area (Å²) in [5.74, 6) is -0.393. The van der Waals surface area contributed by atoms with Gasteiger partial charge in [-0.1, -0.05) is 37.3 Å². The van der Waals surface area contributed by atoms with E-state index < -0.39 is 23.6 Å². The summed E-state index contributed by atoms with van der Waals surface area (Å²) in [6.07, 6.45) is -0.664. The fourth-order valence-electron chi connectivity index (χ4n) is 1.76. The summed E-state index contributed by atoms with van der Waals surface area (Å²) < 4.78 is 10.7. The minimum atomic E-state index is -0.859. The molecule has 0 aliphatic rings. The molecule has 1 rings (SSSR count). The lowest BCUT2D eigenvalue weighted by Gasteiger charge is -2.23. The van der Waals surface area contributed by atoms with E-state index in [1.165, 1.54) is 0 Å². The molecule has 1 aromatic rings. The zero-order chi connectivity index (χ0) is 18.0. The van der Waals surface area contributed by atoms with Crippen LogP contribution in [-0.2, 0) is 20.9 Å². The van der Waals surface area contributed by atoms with Crippen molar-refractivity contribution in [3.63, 3.8) is 0 Å². The maximum absolute atomic E-state index is 12.1. The fourth-order valence-corrected chi connectivity index (χ4v) is 1.76. The summed E-state index contributed by atoms with van der Waals surface area (Å²) in [6, 6.07) is 8.73. The third-order valence-electron chi connectivity index (χ3n) is 2.79. The average molecular weight is 337 g/mol. The van der Waals surface area contributed by atoms with E-state index in [1.807, 2.05) is 37.3 Å². The number of ether oxygens (including phenoxy) is 2. The minimum Gasteiger partial charge on any atom is -0.444 e. The highest BCUT2D eigenvalue weighted by Gasteiger charge is 2.24. The first-order valence-electron chi connectivity index (χ1n) is 7.95. The lowest BCUT2D eigenvalue weighted by molar-refractivity contribution is -0.125. The third-order valence-corrected chi connectivity index (χ3v) is 2.79. The van der Waals surface area contributed by atoms with Crippen LogP contribution in [0.15, 0.2) is 30.3 Å². The van der Waals surface area contributed by atoms with E-state index in [1.54, 1.807) is 20.8 Å². The number of carbonyl (C=O) groups excluding carboxylic acids is 2. The van der Waals surface area contributed by atoms with Crippen LogP contribution in [0.3, 0.4) is 0 Å². The van der Waals surface area contributed by atoms with Crippen molar-refractivity contribution in [2.75, 3.05) is 13.2 Å². The van der Waals surface area contributed by atoms with E-state index in [0.717, 1.165) is 5.56 Å². The second-order valence-corrected chi connectivity index (χ2v) is 6.22. The normalized spacial score (nSPS) is 12.3. The lowest BCUT2D eigenvalue weighted by Crippen LogP contribution is -2.53. The molecule has 0 saturated heterocycles. The maximum atomic E-state index is 12.1. The van der Waals surface area contributed by atoms with Gasteiger partial charge in [0.1, 0.15) is 11.6 Å². The molecular formula is C17H27N3O4. The Bertz CT molecular complexity index is 514. The molecule has 3 N–H and O–H groups in total. The Labute approximate surface area is 143 Å². The van der Waals surface area contributed by atoms with Crippen LogP contribution in [0.2, 0.25) is 0 Å². The molecule has 0 unspecified atom stereocenters. The van der Waals surface area contributed by atoms with E-state index in [-0.39, 0.29) is 6.61 Å². The van der Waals surface area contributed by atoms with Crippen LogP contribution in [0.4, 0.5) is 4.79 Å². The molecular weight excluding hydrogens is 310 g/mol. The standard InChI is InChI=1S/C17H27N3O4/c1-5-18-20-15(21)14(19-16(22)24-17(2,3)4)12-23-11-13-9-7-6-8-10-13/h6-10,14,18H,5,11-12H2,1-4H3,(H,19,22)(H,20,21)/t14-/m1/s1. The fraction of sp³-hybridized carbons (Fsp3) is 0.529. The molecule has 0 aliphatic heterocycles. The molecule has 134 valence electrons. The zero-order valence-electron chi connectivity index (χ0n) is 14.7. The SMILES string of the molecule is CCNNC(=O)[C@@H](COCc1ccccc1)NC(=O)OC(C)(C)C. The van der Waals surface area contributed by atoms with E-state index in [2.05, 4.69) is 16.2 Å². The Hall–Kier alpha value is -2.12. The summed E-state index contributed by atoms with van der Waals surface area (Å²) >= 11 is 0. The van der Waals surface area contributed by atoms with Gasteiger partial charge in [0.2, 0.25) is 0 Å². The van der Waals surface area contributed by atoms with Gasteiger partial charge in [0.25, 0.3) is 5.91 Å². The monoisotopic (exact) mass is 337 g/mol. The van der Waals surface area contributed by atoms with Crippen LogP contribution in [0.25, 0.3) is 0 Å². The molecule has 7 heteroatoms. The first-order valence-corrected chi connectivity index (χ1v) is 7.95. The van der Waals surface area contributed by atoms with Gasteiger partial charge in [-0.2, -0.15) is 0 Å². The number of benzene rings is 1. The zero-order valence-corrected chi connectivity index (χ0v) is 14.7. The van der Waals surface area contributed by atoms with Crippen LogP contribution in [0.5, 0.6) is 0 Å². The molecule has 1 atom stereocenters. The van der Waals surface area contributed by atoms with Crippen molar-refractivity contribution >= 4 is 12.0 Å². The van der Waals surface area contributed by atoms with Crippen LogP contribution >= 0.6 is 0 Å². The van der Waals surface area contributed by atoms with Crippen molar-refractivity contribution < 1.29 is 19.1 Å². The van der Waals surface area contributed by atoms with Gasteiger partial charge in [0.05, 0.1) is 13.2 Å². The highest BCUT2D eigenvalue weighted by atomic mass is 16.6. The van der Waals surface area contributed by atoms with Crippen molar-refractivity contribution in [2.45, 2.75) is 45.9 Å². The van der Waals surface area contributed by atoms with Gasteiger partial charge in [-0.15, -0.1) is 0 Å². The lowest BCUT2D eigenvalue weighted by atomic mass is 10.2. The van der Waals surface area contributed by atoms with E-state index in [0.29, 0.717) is 13.2 Å². The molecule has 0 heterocycles. The van der Waals surface area contributed by atoms with Gasteiger partial charge in [-0.25, -0.2) is 10.2 Å². The predicted octanol–water partition coefficient (Wildman–Crippen LogP) is 1.74. The Balaban J connectivity index is 2.56. The quantitative estimate of drug-likeness (QED) is 0.629. The molecule has 0 spiro atoms. The first kappa shape index (κ1) is 19.9. The molecule has 0 fully saturated rings. The highest BCUT2D eigenvalue weighted by molar-refractivity contribution is 5.85. The summed E-state index contributed by atoms with van der Waals surface area (Å²) in [4.78, 5) is 24.0. The number of alkyl carbamates (subject to hydrolysis) is 1. The van der Waals surface area contributed by atoms with Crippen molar-refractivity contribution in [1.82, 2.24) is 16.2 Å². The second-order valence-electron chi connectivity index (χ2n) is 6.22. The number of hydrogen-bond acceptors (Lipinski definition) is 5. The molecule has 0 bridgehead atoms. The van der Waals surface area contributed by atoms with Gasteiger partial charge < -0.3 is 14.8 Å². The average Bonchev–Trinajstić information content (AvgIpc) is 2.51. The van der Waals surface area contributed by atoms with Gasteiger partial charge in [0.15, 0.2) is 0 Å². The number of rotatable bonds is 8. The Morgan fingerprint density at radius 2 is 1.83 bits per heavy atom. The van der Waals surface area contributed by atoms with Crippen molar-refractivity contribution in [3.8, 4) is 0 Å². The first-order chi connectivity index (χ1) is 11.3. The van der Waals surface area contributed by atoms with E-state index >= 15 is 0 Å². The van der Waals surface area contributed by atoms with Crippen molar-refractivity contribution in [3.05, 3.63) is 35.9 Å². The van der Waals surface area contributed by atoms with Crippen molar-refractivity contribution in [1.29, 1.82) is 0 Å². The molecule has 0 radical (unpaired) electrons. The molecule has 24 heavy (non-hydrogen) atoms. The molecule has 0 aromatic heterocycles. The molecule has 0 saturated carbocycles. The number of amides is 2. The third kappa shape index (κ3) is 8.50. The number of hydrogen-bond donors (Lipinski definition) is 3. The van der Waals surface area contributed by atoms with Gasteiger partial charge >= 0.3 is 6.09 Å². The topological polar surface area (TPSA) is 88.7 Å². The summed E-state index contributed by atoms with van der Waals surface area (Å²) in [5, 5.41) is 2.53. The van der Waals surface area contributed by atoms with Crippen LogP contribution in [0, 0.1) is 0 Å². The molecule has 1 aromatic carbocycles. The Morgan fingerprint density at radius 3 is 2.42 bits per heavy atom. The molecule has 7 nitrogen and oxygen atoms in total. The number of hydrazine groups is 1.